The van der Waals surface area contributed by atoms with Crippen LogP contribution in [-0.2, 0) is 4.74 Å². The van der Waals surface area contributed by atoms with Crippen LogP contribution in [0.4, 0.5) is 0 Å². The summed E-state index contributed by atoms with van der Waals surface area (Å²) in [4.78, 5) is 1.24. The summed E-state index contributed by atoms with van der Waals surface area (Å²) in [5, 5.41) is 0. The molecular weight excluding hydrogens is 252 g/mol. The van der Waals surface area contributed by atoms with Crippen molar-refractivity contribution in [3.8, 4) is 0 Å². The number of benzene rings is 1. The fourth-order valence-corrected chi connectivity index (χ4v) is 2.67. The third-order valence-corrected chi connectivity index (χ3v) is 3.84. The standard InChI is InChI=1S/C17H24OS/c1-14(2)9-8-10-15(3)13-17(18-4)19-16-11-6-5-7-12-16/h5-7,9,11-13,17H,8,10H2,1-4H3/b15-13+. The maximum absolute atomic E-state index is 5.52. The number of thioether (sulfide) groups is 1. The van der Waals surface area contributed by atoms with Gasteiger partial charge in [0.1, 0.15) is 5.44 Å². The molecule has 0 radical (unpaired) electrons. The van der Waals surface area contributed by atoms with Gasteiger partial charge in [-0.3, -0.25) is 0 Å². The second-order valence-corrected chi connectivity index (χ2v) is 6.04. The van der Waals surface area contributed by atoms with Crippen molar-refractivity contribution in [2.24, 2.45) is 0 Å². The highest BCUT2D eigenvalue weighted by Crippen LogP contribution is 2.25. The first kappa shape index (κ1) is 16.1. The van der Waals surface area contributed by atoms with E-state index < -0.39 is 0 Å². The number of hydrogen-bond donors (Lipinski definition) is 0. The molecule has 0 fully saturated rings. The molecule has 19 heavy (non-hydrogen) atoms. The number of rotatable bonds is 7. The molecule has 1 nitrogen and oxygen atoms in total. The van der Waals surface area contributed by atoms with Gasteiger partial charge in [0.05, 0.1) is 0 Å². The Balaban J connectivity index is 2.53. The van der Waals surface area contributed by atoms with Gasteiger partial charge in [-0.15, -0.1) is 0 Å². The van der Waals surface area contributed by atoms with E-state index in [1.807, 2.05) is 6.07 Å². The van der Waals surface area contributed by atoms with Gasteiger partial charge in [-0.25, -0.2) is 0 Å². The van der Waals surface area contributed by atoms with Gasteiger partial charge < -0.3 is 4.74 Å². The minimum atomic E-state index is 0.0918. The number of ether oxygens (including phenoxy) is 1. The second kappa shape index (κ2) is 9.00. The fraction of sp³-hybridized carbons (Fsp3) is 0.412. The Kier molecular flexibility index (Phi) is 7.61. The first-order chi connectivity index (χ1) is 9.11. The van der Waals surface area contributed by atoms with Crippen molar-refractivity contribution in [3.05, 3.63) is 53.6 Å². The highest BCUT2D eigenvalue weighted by atomic mass is 32.2. The zero-order valence-electron chi connectivity index (χ0n) is 12.3. The summed E-state index contributed by atoms with van der Waals surface area (Å²) in [6, 6.07) is 10.4. The highest BCUT2D eigenvalue weighted by molar-refractivity contribution is 8.00. The van der Waals surface area contributed by atoms with E-state index in [9.17, 15) is 0 Å². The van der Waals surface area contributed by atoms with Crippen molar-refractivity contribution in [1.82, 2.24) is 0 Å². The molecule has 0 aliphatic heterocycles. The van der Waals surface area contributed by atoms with Crippen LogP contribution in [0.2, 0.25) is 0 Å². The predicted molar refractivity (Wildman–Crippen MR) is 85.5 cm³/mol. The molecule has 0 spiro atoms. The van der Waals surface area contributed by atoms with Crippen LogP contribution in [0.25, 0.3) is 0 Å². The molecule has 1 rings (SSSR count). The first-order valence-corrected chi connectivity index (χ1v) is 7.55. The summed E-state index contributed by atoms with van der Waals surface area (Å²) >= 11 is 1.74. The van der Waals surface area contributed by atoms with Gasteiger partial charge in [0.15, 0.2) is 0 Å². The monoisotopic (exact) mass is 276 g/mol. The Bertz CT molecular complexity index is 416. The lowest BCUT2D eigenvalue weighted by Gasteiger charge is -2.12. The molecule has 1 aromatic rings. The lowest BCUT2D eigenvalue weighted by atomic mass is 10.1. The quantitative estimate of drug-likeness (QED) is 0.372. The summed E-state index contributed by atoms with van der Waals surface area (Å²) < 4.78 is 5.52. The maximum Gasteiger partial charge on any atom is 0.125 e. The topological polar surface area (TPSA) is 9.23 Å². The largest absolute Gasteiger partial charge is 0.366 e. The van der Waals surface area contributed by atoms with E-state index in [0.717, 1.165) is 12.8 Å². The van der Waals surface area contributed by atoms with Gasteiger partial charge in [0.2, 0.25) is 0 Å². The molecule has 104 valence electrons. The lowest BCUT2D eigenvalue weighted by molar-refractivity contribution is 0.207. The molecule has 0 aliphatic rings. The molecule has 2 heteroatoms. The minimum Gasteiger partial charge on any atom is -0.366 e. The molecule has 0 saturated heterocycles. The smallest absolute Gasteiger partial charge is 0.125 e. The summed E-state index contributed by atoms with van der Waals surface area (Å²) in [5.41, 5.74) is 2.86. The van der Waals surface area contributed by atoms with Gasteiger partial charge in [-0.2, -0.15) is 0 Å². The van der Waals surface area contributed by atoms with Crippen molar-refractivity contribution in [2.45, 2.75) is 43.9 Å². The molecule has 0 heterocycles. The third kappa shape index (κ3) is 7.24. The number of methoxy groups -OCH3 is 1. The summed E-state index contributed by atoms with van der Waals surface area (Å²) in [6.45, 7) is 6.46. The molecule has 0 N–H and O–H groups in total. The van der Waals surface area contributed by atoms with Crippen LogP contribution >= 0.6 is 11.8 Å². The van der Waals surface area contributed by atoms with Crippen LogP contribution in [0.3, 0.4) is 0 Å². The van der Waals surface area contributed by atoms with Crippen LogP contribution in [0.5, 0.6) is 0 Å². The molecule has 1 aromatic carbocycles. The van der Waals surface area contributed by atoms with Gasteiger partial charge in [0, 0.05) is 12.0 Å². The lowest BCUT2D eigenvalue weighted by Crippen LogP contribution is -2.02. The van der Waals surface area contributed by atoms with Crippen molar-refractivity contribution in [1.29, 1.82) is 0 Å². The predicted octanol–water partition coefficient (Wildman–Crippen LogP) is 5.44. The number of hydrogen-bond acceptors (Lipinski definition) is 2. The van der Waals surface area contributed by atoms with Crippen molar-refractivity contribution in [2.75, 3.05) is 7.11 Å². The van der Waals surface area contributed by atoms with Crippen molar-refractivity contribution >= 4 is 11.8 Å². The maximum atomic E-state index is 5.52. The van der Waals surface area contributed by atoms with Crippen LogP contribution < -0.4 is 0 Å². The second-order valence-electron chi connectivity index (χ2n) is 4.87. The Morgan fingerprint density at radius 1 is 1.21 bits per heavy atom. The molecule has 0 saturated carbocycles. The van der Waals surface area contributed by atoms with E-state index in [0.29, 0.717) is 0 Å². The molecule has 0 aromatic heterocycles. The summed E-state index contributed by atoms with van der Waals surface area (Å²) in [7, 11) is 1.76. The SMILES string of the molecule is COC(/C=C(\C)CCC=C(C)C)Sc1ccccc1. The summed E-state index contributed by atoms with van der Waals surface area (Å²) in [5.74, 6) is 0. The average Bonchev–Trinajstić information content (AvgIpc) is 2.38. The molecule has 0 amide bonds. The third-order valence-electron chi connectivity index (χ3n) is 2.74. The van der Waals surface area contributed by atoms with E-state index in [1.54, 1.807) is 18.9 Å². The Labute approximate surface area is 121 Å². The van der Waals surface area contributed by atoms with E-state index in [4.69, 9.17) is 4.74 Å². The van der Waals surface area contributed by atoms with Crippen molar-refractivity contribution in [3.63, 3.8) is 0 Å². The van der Waals surface area contributed by atoms with Crippen LogP contribution in [0, 0.1) is 0 Å². The van der Waals surface area contributed by atoms with Gasteiger partial charge in [0.25, 0.3) is 0 Å². The zero-order valence-corrected chi connectivity index (χ0v) is 13.2. The van der Waals surface area contributed by atoms with E-state index in [1.165, 1.54) is 16.0 Å². The Morgan fingerprint density at radius 3 is 2.47 bits per heavy atom. The average molecular weight is 276 g/mol. The van der Waals surface area contributed by atoms with E-state index in [2.05, 4.69) is 57.2 Å². The highest BCUT2D eigenvalue weighted by Gasteiger charge is 2.06. The zero-order chi connectivity index (χ0) is 14.1. The Hall–Kier alpha value is -0.990. The van der Waals surface area contributed by atoms with E-state index in [-0.39, 0.29) is 5.44 Å². The van der Waals surface area contributed by atoms with E-state index >= 15 is 0 Å². The molecule has 1 atom stereocenters. The minimum absolute atomic E-state index is 0.0918. The number of allylic oxidation sites excluding steroid dienone is 3. The van der Waals surface area contributed by atoms with Gasteiger partial charge in [-0.05, 0) is 51.8 Å². The van der Waals surface area contributed by atoms with Gasteiger partial charge in [-0.1, -0.05) is 47.2 Å². The van der Waals surface area contributed by atoms with Crippen LogP contribution in [0.1, 0.15) is 33.6 Å². The molecule has 0 bridgehead atoms. The normalized spacial score (nSPS) is 13.2. The molecule has 0 aliphatic carbocycles. The first-order valence-electron chi connectivity index (χ1n) is 6.67. The van der Waals surface area contributed by atoms with Crippen LogP contribution in [0.15, 0.2) is 58.5 Å². The van der Waals surface area contributed by atoms with Gasteiger partial charge >= 0.3 is 0 Å². The summed E-state index contributed by atoms with van der Waals surface area (Å²) in [6.07, 6.45) is 6.71. The van der Waals surface area contributed by atoms with Crippen LogP contribution in [-0.4, -0.2) is 12.5 Å². The molecule has 1 unspecified atom stereocenters. The fourth-order valence-electron chi connectivity index (χ4n) is 1.69. The Morgan fingerprint density at radius 2 is 1.89 bits per heavy atom. The molecular formula is C17H24OS. The van der Waals surface area contributed by atoms with Crippen molar-refractivity contribution < 1.29 is 4.74 Å².